The van der Waals surface area contributed by atoms with Gasteiger partial charge in [0.2, 0.25) is 0 Å². The van der Waals surface area contributed by atoms with E-state index in [0.717, 1.165) is 0 Å². The molecule has 5 nitrogen and oxygen atoms in total. The van der Waals surface area contributed by atoms with Gasteiger partial charge in [0.25, 0.3) is 5.91 Å². The minimum absolute atomic E-state index is 0.261. The monoisotopic (exact) mass is 316 g/mol. The summed E-state index contributed by atoms with van der Waals surface area (Å²) in [5.74, 6) is -0.261. The Labute approximate surface area is 132 Å². The van der Waals surface area contributed by atoms with Crippen molar-refractivity contribution in [2.24, 2.45) is 0 Å². The van der Waals surface area contributed by atoms with Crippen LogP contribution in [0.3, 0.4) is 0 Å². The van der Waals surface area contributed by atoms with Gasteiger partial charge in [0, 0.05) is 11.3 Å². The first-order chi connectivity index (χ1) is 10.6. The summed E-state index contributed by atoms with van der Waals surface area (Å²) < 4.78 is 4.88. The third kappa shape index (κ3) is 2.89. The molecule has 1 aliphatic heterocycles. The van der Waals surface area contributed by atoms with Gasteiger partial charge in [0.05, 0.1) is 17.3 Å². The average Bonchev–Trinajstić information content (AvgIpc) is 2.96. The molecule has 2 aromatic rings. The Hall–Kier alpha value is -2.53. The number of para-hydroxylation sites is 1. The Morgan fingerprint density at radius 3 is 2.50 bits per heavy atom. The summed E-state index contributed by atoms with van der Waals surface area (Å²) in [5.41, 5.74) is 1.74. The molecule has 3 rings (SSSR count). The Balaban J connectivity index is 1.74. The molecular weight excluding hydrogens is 304 g/mol. The molecule has 22 heavy (non-hydrogen) atoms. The lowest BCUT2D eigenvalue weighted by Crippen LogP contribution is -2.23. The van der Waals surface area contributed by atoms with Gasteiger partial charge in [0.15, 0.2) is 0 Å². The maximum atomic E-state index is 12.2. The molecule has 0 atom stereocenters. The van der Waals surface area contributed by atoms with Gasteiger partial charge in [-0.15, -0.1) is 0 Å². The topological polar surface area (TPSA) is 58.6 Å². The van der Waals surface area contributed by atoms with Crippen molar-refractivity contribution in [3.05, 3.63) is 59.1 Å². The SMILES string of the molecule is O=C(Nc1ccccc1Cl)c1ccc(N2CCOC2=O)cc1. The van der Waals surface area contributed by atoms with Gasteiger partial charge < -0.3 is 10.1 Å². The summed E-state index contributed by atoms with van der Waals surface area (Å²) in [6.45, 7) is 0.900. The van der Waals surface area contributed by atoms with Crippen molar-refractivity contribution in [1.29, 1.82) is 0 Å². The summed E-state index contributed by atoms with van der Waals surface area (Å²) in [5, 5.41) is 3.23. The standard InChI is InChI=1S/C16H13ClN2O3/c17-13-3-1-2-4-14(13)18-15(20)11-5-7-12(8-6-11)19-9-10-22-16(19)21/h1-8H,9-10H2,(H,18,20). The molecule has 0 unspecified atom stereocenters. The van der Waals surface area contributed by atoms with Crippen molar-refractivity contribution in [2.75, 3.05) is 23.4 Å². The van der Waals surface area contributed by atoms with E-state index in [4.69, 9.17) is 16.3 Å². The molecule has 2 amide bonds. The molecule has 0 aromatic heterocycles. The molecule has 0 bridgehead atoms. The molecule has 1 N–H and O–H groups in total. The van der Waals surface area contributed by atoms with Crippen LogP contribution >= 0.6 is 11.6 Å². The van der Waals surface area contributed by atoms with Crippen LogP contribution in [0.2, 0.25) is 5.02 Å². The van der Waals surface area contributed by atoms with Crippen LogP contribution < -0.4 is 10.2 Å². The second-order valence-electron chi connectivity index (χ2n) is 4.75. The number of cyclic esters (lactones) is 1. The quantitative estimate of drug-likeness (QED) is 0.942. The van der Waals surface area contributed by atoms with Crippen LogP contribution in [0, 0.1) is 0 Å². The molecule has 6 heteroatoms. The second kappa shape index (κ2) is 6.07. The predicted octanol–water partition coefficient (Wildman–Crippen LogP) is 3.55. The number of nitrogens with one attached hydrogen (secondary N) is 1. The predicted molar refractivity (Wildman–Crippen MR) is 84.5 cm³/mol. The zero-order chi connectivity index (χ0) is 15.5. The molecule has 1 heterocycles. The van der Waals surface area contributed by atoms with Gasteiger partial charge in [-0.1, -0.05) is 23.7 Å². The minimum Gasteiger partial charge on any atom is -0.447 e. The van der Waals surface area contributed by atoms with Crippen molar-refractivity contribution in [3.63, 3.8) is 0 Å². The summed E-state index contributed by atoms with van der Waals surface area (Å²) in [6.07, 6.45) is -0.367. The van der Waals surface area contributed by atoms with Crippen molar-refractivity contribution in [3.8, 4) is 0 Å². The Bertz CT molecular complexity index is 716. The smallest absolute Gasteiger partial charge is 0.414 e. The molecule has 112 valence electrons. The number of anilines is 2. The van der Waals surface area contributed by atoms with Gasteiger partial charge in [-0.05, 0) is 36.4 Å². The molecule has 0 saturated carbocycles. The zero-order valence-corrected chi connectivity index (χ0v) is 12.3. The molecule has 1 aliphatic rings. The minimum atomic E-state index is -0.367. The summed E-state index contributed by atoms with van der Waals surface area (Å²) in [7, 11) is 0. The fourth-order valence-electron chi connectivity index (χ4n) is 2.18. The number of ether oxygens (including phenoxy) is 1. The Kier molecular flexibility index (Phi) is 3.98. The van der Waals surface area contributed by atoms with E-state index in [1.807, 2.05) is 0 Å². The van der Waals surface area contributed by atoms with Crippen LogP contribution in [0.1, 0.15) is 10.4 Å². The summed E-state index contributed by atoms with van der Waals surface area (Å²) in [6, 6.07) is 13.8. The molecule has 1 fully saturated rings. The van der Waals surface area contributed by atoms with E-state index >= 15 is 0 Å². The van der Waals surface area contributed by atoms with Gasteiger partial charge >= 0.3 is 6.09 Å². The van der Waals surface area contributed by atoms with Crippen LogP contribution in [0.4, 0.5) is 16.2 Å². The highest BCUT2D eigenvalue weighted by molar-refractivity contribution is 6.33. The number of carbonyl (C=O) groups is 2. The van der Waals surface area contributed by atoms with Crippen LogP contribution in [-0.2, 0) is 4.74 Å². The van der Waals surface area contributed by atoms with E-state index in [-0.39, 0.29) is 12.0 Å². The number of benzene rings is 2. The maximum Gasteiger partial charge on any atom is 0.414 e. The van der Waals surface area contributed by atoms with E-state index in [2.05, 4.69) is 5.32 Å². The lowest BCUT2D eigenvalue weighted by molar-refractivity contribution is 0.102. The van der Waals surface area contributed by atoms with Crippen molar-refractivity contribution < 1.29 is 14.3 Å². The number of amides is 2. The maximum absolute atomic E-state index is 12.2. The molecule has 0 aliphatic carbocycles. The zero-order valence-electron chi connectivity index (χ0n) is 11.6. The third-order valence-electron chi connectivity index (χ3n) is 3.32. The molecule has 0 radical (unpaired) electrons. The van der Waals surface area contributed by atoms with Gasteiger partial charge in [-0.2, -0.15) is 0 Å². The normalized spacial score (nSPS) is 13.9. The number of rotatable bonds is 3. The van der Waals surface area contributed by atoms with E-state index < -0.39 is 0 Å². The Morgan fingerprint density at radius 1 is 1.14 bits per heavy atom. The summed E-state index contributed by atoms with van der Waals surface area (Å²) >= 11 is 6.01. The van der Waals surface area contributed by atoms with Crippen molar-refractivity contribution in [1.82, 2.24) is 0 Å². The van der Waals surface area contributed by atoms with E-state index in [1.54, 1.807) is 48.5 Å². The molecule has 1 saturated heterocycles. The highest BCUT2D eigenvalue weighted by Gasteiger charge is 2.23. The van der Waals surface area contributed by atoms with Gasteiger partial charge in [-0.25, -0.2) is 4.79 Å². The number of nitrogens with zero attached hydrogens (tertiary/aromatic N) is 1. The Morgan fingerprint density at radius 2 is 1.86 bits per heavy atom. The lowest BCUT2D eigenvalue weighted by Gasteiger charge is -2.13. The lowest BCUT2D eigenvalue weighted by atomic mass is 10.1. The van der Waals surface area contributed by atoms with E-state index in [9.17, 15) is 9.59 Å². The third-order valence-corrected chi connectivity index (χ3v) is 3.65. The van der Waals surface area contributed by atoms with Gasteiger partial charge in [0.1, 0.15) is 6.61 Å². The molecule has 0 spiro atoms. The first-order valence-electron chi connectivity index (χ1n) is 6.75. The van der Waals surface area contributed by atoms with Crippen LogP contribution in [0.25, 0.3) is 0 Å². The van der Waals surface area contributed by atoms with Crippen LogP contribution in [0.15, 0.2) is 48.5 Å². The van der Waals surface area contributed by atoms with Crippen LogP contribution in [0.5, 0.6) is 0 Å². The fraction of sp³-hybridized carbons (Fsp3) is 0.125. The first kappa shape index (κ1) is 14.4. The van der Waals surface area contributed by atoms with Crippen molar-refractivity contribution >= 4 is 35.0 Å². The summed E-state index contributed by atoms with van der Waals surface area (Å²) in [4.78, 5) is 25.2. The highest BCUT2D eigenvalue weighted by Crippen LogP contribution is 2.22. The molecular formula is C16H13ClN2O3. The number of hydrogen-bond donors (Lipinski definition) is 1. The van der Waals surface area contributed by atoms with Crippen molar-refractivity contribution in [2.45, 2.75) is 0 Å². The van der Waals surface area contributed by atoms with E-state index in [0.29, 0.717) is 35.1 Å². The number of hydrogen-bond acceptors (Lipinski definition) is 3. The second-order valence-corrected chi connectivity index (χ2v) is 5.15. The first-order valence-corrected chi connectivity index (χ1v) is 7.13. The highest BCUT2D eigenvalue weighted by atomic mass is 35.5. The average molecular weight is 317 g/mol. The molecule has 2 aromatic carbocycles. The van der Waals surface area contributed by atoms with Gasteiger partial charge in [-0.3, -0.25) is 9.69 Å². The largest absolute Gasteiger partial charge is 0.447 e. The van der Waals surface area contributed by atoms with Crippen LogP contribution in [-0.4, -0.2) is 25.2 Å². The number of carbonyl (C=O) groups excluding carboxylic acids is 2. The van der Waals surface area contributed by atoms with E-state index in [1.165, 1.54) is 4.90 Å². The number of halogens is 1. The fourth-order valence-corrected chi connectivity index (χ4v) is 2.36.